The van der Waals surface area contributed by atoms with E-state index in [0.29, 0.717) is 5.56 Å². The zero-order valence-electron chi connectivity index (χ0n) is 8.96. The van der Waals surface area contributed by atoms with Crippen LogP contribution in [0.4, 0.5) is 5.69 Å². The van der Waals surface area contributed by atoms with Crippen LogP contribution in [0.5, 0.6) is 0 Å². The Balaban J connectivity index is 2.10. The molecule has 0 bridgehead atoms. The molecule has 16 heavy (non-hydrogen) atoms. The van der Waals surface area contributed by atoms with Gasteiger partial charge >= 0.3 is 0 Å². The largest absolute Gasteiger partial charge is 0.382 e. The highest BCUT2D eigenvalue weighted by atomic mass is 79.9. The Bertz CT molecular complexity index is 432. The van der Waals surface area contributed by atoms with Crippen LogP contribution in [0.3, 0.4) is 0 Å². The summed E-state index contributed by atoms with van der Waals surface area (Å²) in [7, 11) is 0. The molecule has 0 aliphatic heterocycles. The van der Waals surface area contributed by atoms with Gasteiger partial charge in [0.1, 0.15) is 6.07 Å². The van der Waals surface area contributed by atoms with Crippen molar-refractivity contribution in [3.63, 3.8) is 0 Å². The van der Waals surface area contributed by atoms with E-state index < -0.39 is 0 Å². The molecule has 0 spiro atoms. The molecular weight excluding hydrogens is 266 g/mol. The molecule has 0 aromatic heterocycles. The number of anilines is 1. The molecule has 1 aromatic rings. The highest BCUT2D eigenvalue weighted by Crippen LogP contribution is 2.30. The third-order valence-electron chi connectivity index (χ3n) is 3.11. The molecule has 0 amide bonds. The van der Waals surface area contributed by atoms with Gasteiger partial charge < -0.3 is 11.1 Å². The van der Waals surface area contributed by atoms with Gasteiger partial charge in [-0.15, -0.1) is 0 Å². The number of nitriles is 1. The smallest absolute Gasteiger partial charge is 0.103 e. The molecule has 1 saturated carbocycles. The van der Waals surface area contributed by atoms with Crippen molar-refractivity contribution in [3.05, 3.63) is 28.2 Å². The van der Waals surface area contributed by atoms with Crippen LogP contribution in [0, 0.1) is 11.3 Å². The topological polar surface area (TPSA) is 61.8 Å². The molecule has 0 saturated heterocycles. The summed E-state index contributed by atoms with van der Waals surface area (Å²) in [5.74, 6) is 0. The third kappa shape index (κ3) is 2.21. The van der Waals surface area contributed by atoms with Crippen molar-refractivity contribution >= 4 is 21.6 Å². The number of nitrogens with zero attached hydrogens (tertiary/aromatic N) is 1. The maximum Gasteiger partial charge on any atom is 0.103 e. The van der Waals surface area contributed by atoms with Crippen LogP contribution < -0.4 is 11.1 Å². The fourth-order valence-corrected chi connectivity index (χ4v) is 2.32. The predicted octanol–water partition coefficient (Wildman–Crippen LogP) is 2.61. The number of hydrogen-bond acceptors (Lipinski definition) is 3. The van der Waals surface area contributed by atoms with Crippen LogP contribution in [0.2, 0.25) is 0 Å². The van der Waals surface area contributed by atoms with Crippen LogP contribution in [-0.4, -0.2) is 12.1 Å². The molecule has 1 aliphatic carbocycles. The Morgan fingerprint density at radius 2 is 2.25 bits per heavy atom. The first-order valence-electron chi connectivity index (χ1n) is 5.36. The second kappa shape index (κ2) is 4.44. The second-order valence-corrected chi connectivity index (χ2v) is 5.20. The molecule has 1 aliphatic rings. The fraction of sp³-hybridized carbons (Fsp3) is 0.417. The Kier molecular flexibility index (Phi) is 3.17. The maximum absolute atomic E-state index is 9.05. The van der Waals surface area contributed by atoms with Gasteiger partial charge in [-0.05, 0) is 47.3 Å². The molecule has 0 radical (unpaired) electrons. The van der Waals surface area contributed by atoms with Crippen LogP contribution in [-0.2, 0) is 0 Å². The van der Waals surface area contributed by atoms with Gasteiger partial charge in [0.15, 0.2) is 0 Å². The molecule has 0 unspecified atom stereocenters. The van der Waals surface area contributed by atoms with E-state index >= 15 is 0 Å². The first-order valence-corrected chi connectivity index (χ1v) is 6.15. The highest BCUT2D eigenvalue weighted by Gasteiger charge is 2.32. The minimum Gasteiger partial charge on any atom is -0.382 e. The highest BCUT2D eigenvalue weighted by molar-refractivity contribution is 9.10. The van der Waals surface area contributed by atoms with Gasteiger partial charge in [0.25, 0.3) is 0 Å². The number of benzene rings is 1. The minimum atomic E-state index is -0.0744. The number of nitrogens with two attached hydrogens (primary N) is 1. The van der Waals surface area contributed by atoms with Gasteiger partial charge in [-0.25, -0.2) is 0 Å². The summed E-state index contributed by atoms with van der Waals surface area (Å²) in [6.07, 6.45) is 3.34. The molecule has 2 rings (SSSR count). The van der Waals surface area contributed by atoms with Crippen molar-refractivity contribution in [2.45, 2.75) is 24.8 Å². The average molecular weight is 280 g/mol. The molecule has 1 fully saturated rings. The SMILES string of the molecule is N#Cc1c(Br)cccc1NCC1(N)CCC1. The molecular formula is C12H14BrN3. The van der Waals surface area contributed by atoms with Crippen LogP contribution in [0.15, 0.2) is 22.7 Å². The van der Waals surface area contributed by atoms with E-state index in [1.54, 1.807) is 0 Å². The summed E-state index contributed by atoms with van der Waals surface area (Å²) < 4.78 is 0.819. The lowest BCUT2D eigenvalue weighted by molar-refractivity contribution is 0.265. The van der Waals surface area contributed by atoms with Crippen molar-refractivity contribution in [2.24, 2.45) is 5.73 Å². The number of nitrogens with one attached hydrogen (secondary N) is 1. The summed E-state index contributed by atoms with van der Waals surface area (Å²) in [5.41, 5.74) is 7.55. The van der Waals surface area contributed by atoms with E-state index in [2.05, 4.69) is 27.3 Å². The number of rotatable bonds is 3. The molecule has 4 heteroatoms. The Morgan fingerprint density at radius 1 is 1.50 bits per heavy atom. The zero-order chi connectivity index (χ0) is 11.6. The van der Waals surface area contributed by atoms with Crippen molar-refractivity contribution in [3.8, 4) is 6.07 Å². The third-order valence-corrected chi connectivity index (χ3v) is 3.77. The molecule has 0 heterocycles. The standard InChI is InChI=1S/C12H14BrN3/c13-10-3-1-4-11(9(10)7-14)16-8-12(15)5-2-6-12/h1,3-4,16H,2,5-6,8,15H2. The van der Waals surface area contributed by atoms with Crippen molar-refractivity contribution in [1.29, 1.82) is 5.26 Å². The van der Waals surface area contributed by atoms with Gasteiger partial charge in [0, 0.05) is 16.6 Å². The van der Waals surface area contributed by atoms with Crippen molar-refractivity contribution in [1.82, 2.24) is 0 Å². The normalized spacial score (nSPS) is 17.3. The monoisotopic (exact) mass is 279 g/mol. The van der Waals surface area contributed by atoms with E-state index in [9.17, 15) is 0 Å². The first-order chi connectivity index (χ1) is 7.64. The summed E-state index contributed by atoms with van der Waals surface area (Å²) in [4.78, 5) is 0. The van der Waals surface area contributed by atoms with E-state index in [-0.39, 0.29) is 5.54 Å². The van der Waals surface area contributed by atoms with Gasteiger partial charge in [-0.3, -0.25) is 0 Å². The molecule has 0 atom stereocenters. The van der Waals surface area contributed by atoms with Gasteiger partial charge in [0.2, 0.25) is 0 Å². The Morgan fingerprint density at radius 3 is 2.81 bits per heavy atom. The fourth-order valence-electron chi connectivity index (χ4n) is 1.86. The van der Waals surface area contributed by atoms with Crippen LogP contribution in [0.25, 0.3) is 0 Å². The van der Waals surface area contributed by atoms with Crippen LogP contribution in [0.1, 0.15) is 24.8 Å². The van der Waals surface area contributed by atoms with Crippen molar-refractivity contribution in [2.75, 3.05) is 11.9 Å². The summed E-state index contributed by atoms with van der Waals surface area (Å²) in [6, 6.07) is 7.87. The van der Waals surface area contributed by atoms with E-state index in [1.165, 1.54) is 6.42 Å². The van der Waals surface area contributed by atoms with E-state index in [0.717, 1.165) is 29.5 Å². The van der Waals surface area contributed by atoms with Gasteiger partial charge in [-0.1, -0.05) is 6.07 Å². The van der Waals surface area contributed by atoms with Gasteiger partial charge in [-0.2, -0.15) is 5.26 Å². The molecule has 84 valence electrons. The zero-order valence-corrected chi connectivity index (χ0v) is 10.5. The average Bonchev–Trinajstić information content (AvgIpc) is 2.24. The minimum absolute atomic E-state index is 0.0744. The number of halogens is 1. The molecule has 1 aromatic carbocycles. The van der Waals surface area contributed by atoms with E-state index in [1.807, 2.05) is 18.2 Å². The molecule has 3 N–H and O–H groups in total. The lowest BCUT2D eigenvalue weighted by Crippen LogP contribution is -2.52. The first kappa shape index (κ1) is 11.4. The quantitative estimate of drug-likeness (QED) is 0.894. The maximum atomic E-state index is 9.05. The lowest BCUT2D eigenvalue weighted by atomic mass is 9.78. The second-order valence-electron chi connectivity index (χ2n) is 4.34. The van der Waals surface area contributed by atoms with E-state index in [4.69, 9.17) is 11.0 Å². The van der Waals surface area contributed by atoms with Crippen molar-refractivity contribution < 1.29 is 0 Å². The molecule has 3 nitrogen and oxygen atoms in total. The Hall–Kier alpha value is -1.05. The van der Waals surface area contributed by atoms with Gasteiger partial charge in [0.05, 0.1) is 11.3 Å². The van der Waals surface area contributed by atoms with Crippen LogP contribution >= 0.6 is 15.9 Å². The Labute approximate surface area is 104 Å². The lowest BCUT2D eigenvalue weighted by Gasteiger charge is -2.38. The summed E-state index contributed by atoms with van der Waals surface area (Å²) in [6.45, 7) is 0.734. The summed E-state index contributed by atoms with van der Waals surface area (Å²) in [5, 5.41) is 12.3. The predicted molar refractivity (Wildman–Crippen MR) is 68.1 cm³/mol. The summed E-state index contributed by atoms with van der Waals surface area (Å²) >= 11 is 3.37. The number of hydrogen-bond donors (Lipinski definition) is 2.